The highest BCUT2D eigenvalue weighted by Gasteiger charge is 2.26. The molecule has 11 aromatic rings. The van der Waals surface area contributed by atoms with Crippen LogP contribution in [0, 0.1) is 0 Å². The molecular formula is C53H33N3O2. The molecule has 0 saturated carbocycles. The Morgan fingerprint density at radius 2 is 1.03 bits per heavy atom. The van der Waals surface area contributed by atoms with Gasteiger partial charge in [-0.05, 0) is 68.6 Å². The molecule has 5 nitrogen and oxygen atoms in total. The minimum atomic E-state index is -0.440. The van der Waals surface area contributed by atoms with Gasteiger partial charge in [-0.2, -0.15) is 0 Å². The van der Waals surface area contributed by atoms with Crippen molar-refractivity contribution in [2.45, 2.75) is 6.17 Å². The Morgan fingerprint density at radius 1 is 0.414 bits per heavy atom. The monoisotopic (exact) mass is 743 g/mol. The number of hydrogen-bond acceptors (Lipinski definition) is 5. The van der Waals surface area contributed by atoms with E-state index in [-0.39, 0.29) is 0 Å². The minimum absolute atomic E-state index is 0.440. The number of aliphatic imine (C=N–C) groups is 2. The van der Waals surface area contributed by atoms with Gasteiger partial charge in [0.15, 0.2) is 12.0 Å². The van der Waals surface area contributed by atoms with E-state index < -0.39 is 6.17 Å². The Morgan fingerprint density at radius 3 is 1.88 bits per heavy atom. The normalized spacial score (nSPS) is 14.4. The van der Waals surface area contributed by atoms with Crippen LogP contribution in [0.25, 0.3) is 87.7 Å². The molecule has 0 radical (unpaired) electrons. The van der Waals surface area contributed by atoms with Gasteiger partial charge in [-0.15, -0.1) is 0 Å². The third kappa shape index (κ3) is 5.10. The molecule has 9 aromatic carbocycles. The number of fused-ring (bicyclic) bond motifs is 8. The second kappa shape index (κ2) is 12.9. The summed E-state index contributed by atoms with van der Waals surface area (Å²) in [5, 5.41) is 12.6. The molecule has 12 rings (SSSR count). The summed E-state index contributed by atoms with van der Waals surface area (Å²) in [6, 6.07) is 65.7. The highest BCUT2D eigenvalue weighted by molar-refractivity contribution is 6.22. The zero-order chi connectivity index (χ0) is 38.2. The molecule has 1 aliphatic heterocycles. The Balaban J connectivity index is 1.05. The molecule has 1 atom stereocenters. The van der Waals surface area contributed by atoms with E-state index in [4.69, 9.17) is 18.8 Å². The van der Waals surface area contributed by atoms with Gasteiger partial charge >= 0.3 is 0 Å². The van der Waals surface area contributed by atoms with E-state index >= 15 is 0 Å². The van der Waals surface area contributed by atoms with Crippen LogP contribution in [-0.4, -0.2) is 11.7 Å². The van der Waals surface area contributed by atoms with Crippen molar-refractivity contribution in [1.29, 1.82) is 0 Å². The Labute approximate surface area is 333 Å². The standard InChI is InChI=1S/C53H33N3O2/c1-2-14-33(15-3-1)51-54-52(56-53(55-51)45-22-12-21-42-40-19-8-10-23-46(40)57-49(42)45)43-30-28-39(37-17-6-7-18-38(37)43)41-29-27-36(35-26-25-32-13-4-5-16-34(32)31-35)50-48(41)44-20-9-11-24-47(44)58-50/h1-31,53H,(H,54,55,56). The first-order valence-electron chi connectivity index (χ1n) is 19.6. The Kier molecular flexibility index (Phi) is 7.23. The fourth-order valence-corrected chi connectivity index (χ4v) is 8.82. The third-order valence-corrected chi connectivity index (χ3v) is 11.6. The highest BCUT2D eigenvalue weighted by atomic mass is 16.3. The van der Waals surface area contributed by atoms with Gasteiger partial charge in [-0.1, -0.05) is 158 Å². The molecular weight excluding hydrogens is 711 g/mol. The lowest BCUT2D eigenvalue weighted by Crippen LogP contribution is -2.33. The molecule has 0 fully saturated rings. The number of rotatable bonds is 5. The second-order valence-electron chi connectivity index (χ2n) is 14.9. The predicted molar refractivity (Wildman–Crippen MR) is 239 cm³/mol. The summed E-state index contributed by atoms with van der Waals surface area (Å²) in [5.41, 5.74) is 10.7. The third-order valence-electron chi connectivity index (χ3n) is 11.6. The fraction of sp³-hybridized carbons (Fsp3) is 0.0189. The summed E-state index contributed by atoms with van der Waals surface area (Å²) in [6.45, 7) is 0. The van der Waals surface area contributed by atoms with Crippen molar-refractivity contribution in [3.8, 4) is 22.3 Å². The van der Waals surface area contributed by atoms with Crippen LogP contribution in [0.3, 0.4) is 0 Å². The maximum Gasteiger partial charge on any atom is 0.160 e. The van der Waals surface area contributed by atoms with Crippen molar-refractivity contribution < 1.29 is 8.83 Å². The van der Waals surface area contributed by atoms with Gasteiger partial charge in [0.2, 0.25) is 0 Å². The summed E-state index contributed by atoms with van der Waals surface area (Å²) in [7, 11) is 0. The van der Waals surface area contributed by atoms with Crippen LogP contribution in [0.2, 0.25) is 0 Å². The Bertz CT molecular complexity index is 3500. The lowest BCUT2D eigenvalue weighted by atomic mass is 9.90. The number of para-hydroxylation sites is 3. The molecule has 0 spiro atoms. The van der Waals surface area contributed by atoms with Gasteiger partial charge in [0.05, 0.1) is 0 Å². The van der Waals surface area contributed by atoms with E-state index in [1.54, 1.807) is 0 Å². The van der Waals surface area contributed by atoms with Crippen LogP contribution in [0.5, 0.6) is 0 Å². The second-order valence-corrected chi connectivity index (χ2v) is 14.9. The fourth-order valence-electron chi connectivity index (χ4n) is 8.82. The number of nitrogens with zero attached hydrogens (tertiary/aromatic N) is 2. The zero-order valence-corrected chi connectivity index (χ0v) is 31.2. The summed E-state index contributed by atoms with van der Waals surface area (Å²) < 4.78 is 13.3. The average molecular weight is 744 g/mol. The largest absolute Gasteiger partial charge is 0.456 e. The predicted octanol–water partition coefficient (Wildman–Crippen LogP) is 13.6. The van der Waals surface area contributed by atoms with Crippen LogP contribution >= 0.6 is 0 Å². The quantitative estimate of drug-likeness (QED) is 0.191. The van der Waals surface area contributed by atoms with E-state index in [0.717, 1.165) is 99.4 Å². The summed E-state index contributed by atoms with van der Waals surface area (Å²) in [4.78, 5) is 10.6. The maximum atomic E-state index is 6.75. The SMILES string of the molecule is c1ccc(C2=NC(c3ccc(-c4ccc(-c5ccc6ccccc6c5)c5oc6ccccc6c45)c4ccccc34)=NC(c3cccc4c3oc3ccccc34)N2)cc1. The van der Waals surface area contributed by atoms with Gasteiger partial charge in [0.25, 0.3) is 0 Å². The highest BCUT2D eigenvalue weighted by Crippen LogP contribution is 2.44. The number of hydrogen-bond donors (Lipinski definition) is 1. The van der Waals surface area contributed by atoms with Gasteiger partial charge in [-0.25, -0.2) is 9.98 Å². The number of amidine groups is 2. The molecule has 0 amide bonds. The lowest BCUT2D eigenvalue weighted by molar-refractivity contribution is 0.628. The molecule has 5 heteroatoms. The summed E-state index contributed by atoms with van der Waals surface area (Å²) in [6.07, 6.45) is -0.440. The smallest absolute Gasteiger partial charge is 0.160 e. The topological polar surface area (TPSA) is 63.0 Å². The van der Waals surface area contributed by atoms with Crippen molar-refractivity contribution in [3.63, 3.8) is 0 Å². The van der Waals surface area contributed by atoms with Crippen molar-refractivity contribution in [1.82, 2.24) is 5.32 Å². The molecule has 1 N–H and O–H groups in total. The minimum Gasteiger partial charge on any atom is -0.456 e. The van der Waals surface area contributed by atoms with E-state index in [1.165, 1.54) is 10.8 Å². The summed E-state index contributed by atoms with van der Waals surface area (Å²) in [5.74, 6) is 1.41. The van der Waals surface area contributed by atoms with Crippen LogP contribution in [0.15, 0.2) is 207 Å². The number of furan rings is 2. The van der Waals surface area contributed by atoms with E-state index in [2.05, 4.69) is 151 Å². The molecule has 3 heterocycles. The van der Waals surface area contributed by atoms with Gasteiger partial charge < -0.3 is 14.2 Å². The molecule has 0 bridgehead atoms. The van der Waals surface area contributed by atoms with E-state index in [9.17, 15) is 0 Å². The lowest BCUT2D eigenvalue weighted by Gasteiger charge is -2.24. The van der Waals surface area contributed by atoms with Crippen molar-refractivity contribution in [2.24, 2.45) is 9.98 Å². The average Bonchev–Trinajstić information content (AvgIpc) is 3.88. The van der Waals surface area contributed by atoms with Crippen LogP contribution < -0.4 is 5.32 Å². The van der Waals surface area contributed by atoms with Gasteiger partial charge in [0, 0.05) is 43.8 Å². The van der Waals surface area contributed by atoms with Crippen molar-refractivity contribution in [3.05, 3.63) is 205 Å². The molecule has 0 aliphatic carbocycles. The molecule has 58 heavy (non-hydrogen) atoms. The van der Waals surface area contributed by atoms with E-state index in [1.807, 2.05) is 42.5 Å². The number of nitrogens with one attached hydrogen (secondary N) is 1. The van der Waals surface area contributed by atoms with Crippen molar-refractivity contribution >= 4 is 77.1 Å². The first-order chi connectivity index (χ1) is 28.7. The van der Waals surface area contributed by atoms with Crippen LogP contribution in [-0.2, 0) is 0 Å². The van der Waals surface area contributed by atoms with Gasteiger partial charge in [-0.3, -0.25) is 0 Å². The van der Waals surface area contributed by atoms with Gasteiger partial charge in [0.1, 0.15) is 28.2 Å². The first kappa shape index (κ1) is 32.5. The van der Waals surface area contributed by atoms with Crippen LogP contribution in [0.1, 0.15) is 22.9 Å². The molecule has 2 aromatic heterocycles. The molecule has 272 valence electrons. The Hall–Kier alpha value is -7.76. The zero-order valence-electron chi connectivity index (χ0n) is 31.2. The first-order valence-corrected chi connectivity index (χ1v) is 19.6. The number of benzene rings is 9. The molecule has 0 saturated heterocycles. The maximum absolute atomic E-state index is 6.75. The summed E-state index contributed by atoms with van der Waals surface area (Å²) >= 11 is 0. The van der Waals surface area contributed by atoms with Crippen molar-refractivity contribution in [2.75, 3.05) is 0 Å². The molecule has 1 aliphatic rings. The van der Waals surface area contributed by atoms with E-state index in [0.29, 0.717) is 5.84 Å². The molecule has 1 unspecified atom stereocenters. The van der Waals surface area contributed by atoms with Crippen LogP contribution in [0.4, 0.5) is 0 Å².